The van der Waals surface area contributed by atoms with E-state index in [1.807, 2.05) is 31.2 Å². The zero-order valence-electron chi connectivity index (χ0n) is 25.1. The number of halogens is 1. The number of benzene rings is 2. The van der Waals surface area contributed by atoms with Crippen LogP contribution in [0.15, 0.2) is 61.3 Å². The number of aromatic carboxylic acids is 1. The van der Waals surface area contributed by atoms with Gasteiger partial charge >= 0.3 is 11.9 Å². The van der Waals surface area contributed by atoms with Gasteiger partial charge in [0.25, 0.3) is 11.8 Å². The topological polar surface area (TPSA) is 187 Å². The highest BCUT2D eigenvalue weighted by atomic mass is 35.5. The lowest BCUT2D eigenvalue weighted by atomic mass is 9.98. The minimum Gasteiger partial charge on any atom is -0.479 e. The van der Waals surface area contributed by atoms with Gasteiger partial charge in [-0.2, -0.15) is 5.10 Å². The molecule has 1 unspecified atom stereocenters. The SMILES string of the molecule is C.C=CCOC(=O)c1ccc2c(c1C)CC[C@@H]2NC(=O)c1cc(C(=O)O)nc2ccnn12.CC1Oc2ccc(CN)cc2NC1=O.Cl. The van der Waals surface area contributed by atoms with Gasteiger partial charge in [-0.15, -0.1) is 12.4 Å². The first-order chi connectivity index (χ1) is 21.6. The molecular formula is C33H37ClN6O7. The summed E-state index contributed by atoms with van der Waals surface area (Å²) in [6.07, 6.45) is 3.89. The molecule has 0 spiro atoms. The molecule has 0 saturated carbocycles. The summed E-state index contributed by atoms with van der Waals surface area (Å²) < 4.78 is 11.8. The smallest absolute Gasteiger partial charge is 0.354 e. The van der Waals surface area contributed by atoms with Crippen LogP contribution < -0.4 is 21.1 Å². The highest BCUT2D eigenvalue weighted by Gasteiger charge is 2.29. The Kier molecular flexibility index (Phi) is 11.8. The Morgan fingerprint density at radius 3 is 2.70 bits per heavy atom. The molecule has 2 atom stereocenters. The maximum Gasteiger partial charge on any atom is 0.354 e. The summed E-state index contributed by atoms with van der Waals surface area (Å²) in [5.74, 6) is -1.51. The molecule has 13 nitrogen and oxygen atoms in total. The fraction of sp³-hybridized carbons (Fsp3) is 0.273. The van der Waals surface area contributed by atoms with Crippen LogP contribution in [0, 0.1) is 6.92 Å². The normalized spacial score (nSPS) is 15.6. The number of esters is 1. The van der Waals surface area contributed by atoms with Gasteiger partial charge in [-0.3, -0.25) is 9.59 Å². The lowest BCUT2D eigenvalue weighted by molar-refractivity contribution is -0.122. The number of nitrogens with zero attached hydrogens (tertiary/aromatic N) is 3. The number of hydrogen-bond donors (Lipinski definition) is 4. The number of rotatable bonds is 7. The van der Waals surface area contributed by atoms with Crippen LogP contribution in [0.3, 0.4) is 0 Å². The Bertz CT molecular complexity index is 1840. The first-order valence-electron chi connectivity index (χ1n) is 14.2. The van der Waals surface area contributed by atoms with E-state index >= 15 is 0 Å². The van der Waals surface area contributed by atoms with Crippen LogP contribution in [0.2, 0.25) is 0 Å². The van der Waals surface area contributed by atoms with Crippen LogP contribution in [-0.4, -0.2) is 56.2 Å². The molecule has 2 aromatic heterocycles. The van der Waals surface area contributed by atoms with Crippen molar-refractivity contribution in [3.05, 3.63) is 101 Å². The van der Waals surface area contributed by atoms with Gasteiger partial charge in [-0.25, -0.2) is 19.1 Å². The molecule has 2 aromatic carbocycles. The summed E-state index contributed by atoms with van der Waals surface area (Å²) >= 11 is 0. The van der Waals surface area contributed by atoms with Crippen molar-refractivity contribution < 1.29 is 33.8 Å². The number of nitrogens with one attached hydrogen (secondary N) is 2. The second-order valence-corrected chi connectivity index (χ2v) is 10.5. The molecule has 2 amide bonds. The lowest BCUT2D eigenvalue weighted by Gasteiger charge is -2.23. The number of hydrogen-bond acceptors (Lipinski definition) is 9. The molecule has 14 heteroatoms. The number of fused-ring (bicyclic) bond motifs is 3. The van der Waals surface area contributed by atoms with E-state index < -0.39 is 23.9 Å². The minimum absolute atomic E-state index is 0. The van der Waals surface area contributed by atoms with Crippen molar-refractivity contribution in [3.8, 4) is 5.75 Å². The molecule has 47 heavy (non-hydrogen) atoms. The summed E-state index contributed by atoms with van der Waals surface area (Å²) in [4.78, 5) is 51.9. The molecule has 0 radical (unpaired) electrons. The van der Waals surface area contributed by atoms with E-state index in [-0.39, 0.29) is 55.4 Å². The Morgan fingerprint density at radius 1 is 1.23 bits per heavy atom. The van der Waals surface area contributed by atoms with Crippen LogP contribution in [0.4, 0.5) is 5.69 Å². The van der Waals surface area contributed by atoms with Crippen LogP contribution in [0.5, 0.6) is 5.75 Å². The van der Waals surface area contributed by atoms with Gasteiger partial charge in [0.05, 0.1) is 23.5 Å². The largest absolute Gasteiger partial charge is 0.479 e. The maximum absolute atomic E-state index is 13.0. The Hall–Kier alpha value is -5.27. The van der Waals surface area contributed by atoms with Crippen molar-refractivity contribution in [2.75, 3.05) is 11.9 Å². The Labute approximate surface area is 277 Å². The van der Waals surface area contributed by atoms with E-state index in [0.29, 0.717) is 36.4 Å². The van der Waals surface area contributed by atoms with Crippen LogP contribution in [0.25, 0.3) is 5.65 Å². The van der Waals surface area contributed by atoms with E-state index in [1.165, 1.54) is 28.9 Å². The number of carboxylic acid groups (broad SMARTS) is 1. The summed E-state index contributed by atoms with van der Waals surface area (Å²) in [5, 5.41) is 19.1. The molecule has 6 rings (SSSR count). The molecular weight excluding hydrogens is 628 g/mol. The van der Waals surface area contributed by atoms with Crippen molar-refractivity contribution in [2.45, 2.75) is 52.8 Å². The molecule has 4 aromatic rings. The Balaban J connectivity index is 0.000000316. The molecule has 248 valence electrons. The van der Waals surface area contributed by atoms with Crippen LogP contribution in [0.1, 0.15) is 80.4 Å². The fourth-order valence-corrected chi connectivity index (χ4v) is 5.26. The standard InChI is InChI=1S/C22H20N4O5.C10H12N2O2.CH4.ClH/c1-3-10-31-22(30)14-4-5-15-13(12(14)2)6-7-16(15)25-20(27)18-11-17(21(28)29)24-19-8-9-23-26(18)19;1-6-10(13)12-8-4-7(5-11)2-3-9(8)14-6;;/h3-5,8-9,11,16H,1,6-7,10H2,2H3,(H,25,27)(H,28,29);2-4,6H,5,11H2,1H3,(H,12,13);1H4;1H/t16-;;;/m0.../s1. The first-order valence-corrected chi connectivity index (χ1v) is 14.2. The lowest BCUT2D eigenvalue weighted by Crippen LogP contribution is -2.34. The Morgan fingerprint density at radius 2 is 2.00 bits per heavy atom. The predicted octanol–water partition coefficient (Wildman–Crippen LogP) is 4.42. The molecule has 0 fully saturated rings. The van der Waals surface area contributed by atoms with E-state index in [0.717, 1.165) is 22.3 Å². The molecule has 0 bridgehead atoms. The minimum atomic E-state index is -1.23. The molecule has 1 aliphatic carbocycles. The summed E-state index contributed by atoms with van der Waals surface area (Å²) in [7, 11) is 0. The van der Waals surface area contributed by atoms with Crippen molar-refractivity contribution in [1.29, 1.82) is 0 Å². The number of carbonyl (C=O) groups is 4. The number of anilines is 1. The quantitative estimate of drug-likeness (QED) is 0.163. The number of nitrogens with two attached hydrogens (primary N) is 1. The van der Waals surface area contributed by atoms with E-state index in [9.17, 15) is 24.3 Å². The van der Waals surface area contributed by atoms with Crippen molar-refractivity contribution in [3.63, 3.8) is 0 Å². The molecule has 2 aliphatic rings. The fourth-order valence-electron chi connectivity index (χ4n) is 5.26. The molecule has 1 aliphatic heterocycles. The zero-order valence-corrected chi connectivity index (χ0v) is 25.9. The van der Waals surface area contributed by atoms with Gasteiger partial charge in [-0.05, 0) is 67.1 Å². The summed E-state index contributed by atoms with van der Waals surface area (Å²) in [5.41, 5.74) is 10.5. The third kappa shape index (κ3) is 7.59. The van der Waals surface area contributed by atoms with E-state index in [2.05, 4.69) is 27.3 Å². The second-order valence-electron chi connectivity index (χ2n) is 10.5. The molecule has 5 N–H and O–H groups in total. The number of carboxylic acids is 1. The predicted molar refractivity (Wildman–Crippen MR) is 177 cm³/mol. The van der Waals surface area contributed by atoms with Gasteiger partial charge in [-0.1, -0.05) is 32.2 Å². The molecule has 0 saturated heterocycles. The average Bonchev–Trinajstić information content (AvgIpc) is 3.68. The maximum atomic E-state index is 13.0. The third-order valence-electron chi connectivity index (χ3n) is 7.57. The highest BCUT2D eigenvalue weighted by molar-refractivity contribution is 5.98. The first kappa shape index (κ1) is 36.2. The highest BCUT2D eigenvalue weighted by Crippen LogP contribution is 2.35. The van der Waals surface area contributed by atoms with E-state index in [4.69, 9.17) is 15.2 Å². The number of carbonyl (C=O) groups excluding carboxylic acids is 3. The van der Waals surface area contributed by atoms with Crippen molar-refractivity contribution >= 4 is 47.5 Å². The van der Waals surface area contributed by atoms with Gasteiger partial charge in [0.1, 0.15) is 18.1 Å². The van der Waals surface area contributed by atoms with E-state index in [1.54, 1.807) is 13.0 Å². The van der Waals surface area contributed by atoms with Crippen molar-refractivity contribution in [2.24, 2.45) is 5.73 Å². The van der Waals surface area contributed by atoms with Gasteiger partial charge in [0.15, 0.2) is 17.4 Å². The average molecular weight is 665 g/mol. The summed E-state index contributed by atoms with van der Waals surface area (Å²) in [6.45, 7) is 7.72. The van der Waals surface area contributed by atoms with Crippen LogP contribution in [-0.2, 0) is 22.5 Å². The monoisotopic (exact) mass is 664 g/mol. The third-order valence-corrected chi connectivity index (χ3v) is 7.57. The number of aromatic nitrogens is 3. The van der Waals surface area contributed by atoms with Gasteiger partial charge in [0, 0.05) is 18.7 Å². The second kappa shape index (κ2) is 15.3. The van der Waals surface area contributed by atoms with Crippen molar-refractivity contribution in [1.82, 2.24) is 19.9 Å². The summed E-state index contributed by atoms with van der Waals surface area (Å²) in [6, 6.07) is 11.5. The van der Waals surface area contributed by atoms with Gasteiger partial charge in [0.2, 0.25) is 0 Å². The number of ether oxygens (including phenoxy) is 2. The number of amides is 2. The zero-order chi connectivity index (χ0) is 32.2. The molecule has 3 heterocycles. The van der Waals surface area contributed by atoms with Crippen LogP contribution >= 0.6 is 12.4 Å². The van der Waals surface area contributed by atoms with Gasteiger partial charge < -0.3 is 30.9 Å².